The SMILES string of the molecule is COc1cc(O)cc(OC)c1[C@H]1C2=CC[C@@H]3C(=O)N(c4ccc(N=Nc5ccc(N(C)C)cc5)cc4)C(=O)[C@@H]3[C@@H]2C[C@H]2C(=O)N(Nc3ccc(F)cc3)C(=O)[C@@]12c1ccc(Cl)cc1. The van der Waals surface area contributed by atoms with Crippen LogP contribution >= 0.6 is 11.6 Å². The minimum Gasteiger partial charge on any atom is -0.508 e. The van der Waals surface area contributed by atoms with Crippen molar-refractivity contribution in [2.75, 3.05) is 43.5 Å². The molecule has 63 heavy (non-hydrogen) atoms. The first-order valence-corrected chi connectivity index (χ1v) is 20.7. The quantitative estimate of drug-likeness (QED) is 0.0796. The van der Waals surface area contributed by atoms with E-state index in [4.69, 9.17) is 21.1 Å². The summed E-state index contributed by atoms with van der Waals surface area (Å²) in [7, 11) is 6.75. The average Bonchev–Trinajstić information content (AvgIpc) is 3.67. The first-order chi connectivity index (χ1) is 30.3. The normalized spacial score (nSPS) is 24.0. The van der Waals surface area contributed by atoms with Crippen LogP contribution in [0.4, 0.5) is 32.8 Å². The Morgan fingerprint density at radius 3 is 1.98 bits per heavy atom. The number of nitrogens with one attached hydrogen (secondary N) is 1. The Morgan fingerprint density at radius 2 is 1.40 bits per heavy atom. The maximum absolute atomic E-state index is 15.6. The summed E-state index contributed by atoms with van der Waals surface area (Å²) in [5.74, 6) is -6.86. The number of methoxy groups -OCH3 is 2. The third-order valence-electron chi connectivity index (χ3n) is 12.8. The van der Waals surface area contributed by atoms with Gasteiger partial charge >= 0.3 is 0 Å². The van der Waals surface area contributed by atoms with Crippen molar-refractivity contribution >= 4 is 63.7 Å². The number of fused-ring (bicyclic) bond motifs is 4. The van der Waals surface area contributed by atoms with E-state index in [0.717, 1.165) is 10.7 Å². The third kappa shape index (κ3) is 6.76. The standard InChI is InChI=1S/C48H42ClFN6O7/c1-54(2)32-17-13-29(14-18-32)51-52-30-15-19-33(20-16-30)55-44(58)36-22-21-35-37(41(36)46(55)60)25-38-45(59)56(53-31-11-9-28(50)10-12-31)47(61)48(38,26-5-7-27(49)8-6-26)43(35)42-39(62-3)23-34(57)24-40(42)63-4/h5-21,23-24,36-38,41,43,53,57H,22,25H2,1-4H3/t36-,37+,38-,41-,43+,48+/m0/s1. The van der Waals surface area contributed by atoms with Crippen LogP contribution in [0.3, 0.4) is 0 Å². The number of imide groups is 2. The molecule has 13 nitrogen and oxygen atoms in total. The lowest BCUT2D eigenvalue weighted by Gasteiger charge is -2.51. The van der Waals surface area contributed by atoms with Crippen LogP contribution in [0.5, 0.6) is 17.2 Å². The van der Waals surface area contributed by atoms with Crippen molar-refractivity contribution in [1.82, 2.24) is 5.01 Å². The summed E-state index contributed by atoms with van der Waals surface area (Å²) in [6.45, 7) is 0. The maximum atomic E-state index is 15.6. The van der Waals surface area contributed by atoms with Gasteiger partial charge in [0.05, 0.1) is 60.1 Å². The smallest absolute Gasteiger partial charge is 0.260 e. The number of amides is 4. The van der Waals surface area contributed by atoms with Crippen LogP contribution in [0.25, 0.3) is 0 Å². The molecule has 2 heterocycles. The molecule has 4 aliphatic rings. The molecule has 6 atom stereocenters. The van der Waals surface area contributed by atoms with E-state index < -0.39 is 58.5 Å². The predicted octanol–water partition coefficient (Wildman–Crippen LogP) is 8.87. The summed E-state index contributed by atoms with van der Waals surface area (Å²) in [5, 5.41) is 20.9. The molecule has 0 aromatic heterocycles. The molecular weight excluding hydrogens is 827 g/mol. The minimum atomic E-state index is -1.70. The number of nitrogens with zero attached hydrogens (tertiary/aromatic N) is 5. The van der Waals surface area contributed by atoms with Gasteiger partial charge in [-0.05, 0) is 109 Å². The Hall–Kier alpha value is -7.06. The molecule has 2 aliphatic heterocycles. The summed E-state index contributed by atoms with van der Waals surface area (Å²) in [4.78, 5) is 63.1. The van der Waals surface area contributed by atoms with Crippen LogP contribution in [-0.2, 0) is 24.6 Å². The van der Waals surface area contributed by atoms with Crippen molar-refractivity contribution in [1.29, 1.82) is 0 Å². The van der Waals surface area contributed by atoms with E-state index >= 15 is 9.59 Å². The van der Waals surface area contributed by atoms with Gasteiger partial charge in [-0.3, -0.25) is 29.5 Å². The number of hydrazine groups is 1. The number of phenolic OH excluding ortho intramolecular Hbond substituents is 1. The van der Waals surface area contributed by atoms with Gasteiger partial charge < -0.3 is 19.5 Å². The van der Waals surface area contributed by atoms with Crippen molar-refractivity contribution in [2.24, 2.45) is 33.9 Å². The number of halogens is 2. The predicted molar refractivity (Wildman–Crippen MR) is 234 cm³/mol. The number of ether oxygens (including phenoxy) is 2. The molecular formula is C48H42ClFN6O7. The Bertz CT molecular complexity index is 2690. The van der Waals surface area contributed by atoms with Crippen molar-refractivity contribution in [3.05, 3.63) is 143 Å². The van der Waals surface area contributed by atoms with Gasteiger partial charge in [0.25, 0.3) is 11.8 Å². The second-order valence-electron chi connectivity index (χ2n) is 16.3. The summed E-state index contributed by atoms with van der Waals surface area (Å²) in [6, 6.07) is 29.0. The van der Waals surface area contributed by atoms with Gasteiger partial charge in [-0.15, -0.1) is 0 Å². The zero-order chi connectivity index (χ0) is 44.3. The van der Waals surface area contributed by atoms with E-state index in [2.05, 4.69) is 15.7 Å². The van der Waals surface area contributed by atoms with E-state index in [1.54, 1.807) is 48.5 Å². The molecule has 15 heteroatoms. The molecule has 2 N–H and O–H groups in total. The molecule has 0 bridgehead atoms. The highest BCUT2D eigenvalue weighted by Crippen LogP contribution is 2.66. The molecule has 0 unspecified atom stereocenters. The van der Waals surface area contributed by atoms with Gasteiger partial charge in [-0.1, -0.05) is 35.4 Å². The molecule has 4 amide bonds. The van der Waals surface area contributed by atoms with E-state index in [-0.39, 0.29) is 41.7 Å². The highest BCUT2D eigenvalue weighted by atomic mass is 35.5. The van der Waals surface area contributed by atoms with Crippen molar-refractivity contribution in [2.45, 2.75) is 24.2 Å². The van der Waals surface area contributed by atoms with Crippen molar-refractivity contribution < 1.29 is 38.1 Å². The average molecular weight is 869 g/mol. The molecule has 5 aromatic carbocycles. The number of rotatable bonds is 10. The van der Waals surface area contributed by atoms with Crippen LogP contribution in [0.2, 0.25) is 5.02 Å². The van der Waals surface area contributed by atoms with E-state index in [9.17, 15) is 19.1 Å². The first kappa shape index (κ1) is 41.3. The summed E-state index contributed by atoms with van der Waals surface area (Å²) in [5.41, 5.74) is 5.56. The van der Waals surface area contributed by atoms with E-state index in [1.165, 1.54) is 55.5 Å². The number of anilines is 3. The Morgan fingerprint density at radius 1 is 0.794 bits per heavy atom. The molecule has 2 saturated heterocycles. The number of phenols is 1. The summed E-state index contributed by atoms with van der Waals surface area (Å²) < 4.78 is 25.9. The monoisotopic (exact) mass is 868 g/mol. The number of hydrogen-bond acceptors (Lipinski definition) is 11. The lowest BCUT2D eigenvalue weighted by Crippen LogP contribution is -2.53. The minimum absolute atomic E-state index is 0.0166. The Balaban J connectivity index is 1.14. The molecule has 9 rings (SSSR count). The summed E-state index contributed by atoms with van der Waals surface area (Å²) in [6.07, 6.45) is 2.09. The number of aromatic hydroxyl groups is 1. The molecule has 1 saturated carbocycles. The highest BCUT2D eigenvalue weighted by molar-refractivity contribution is 6.30. The second kappa shape index (κ2) is 16.0. The topological polar surface area (TPSA) is 153 Å². The van der Waals surface area contributed by atoms with Crippen molar-refractivity contribution in [3.63, 3.8) is 0 Å². The molecule has 5 aromatic rings. The lowest BCUT2D eigenvalue weighted by atomic mass is 9.49. The van der Waals surface area contributed by atoms with Gasteiger partial charge in [0.2, 0.25) is 11.8 Å². The highest BCUT2D eigenvalue weighted by Gasteiger charge is 2.71. The number of benzene rings is 5. The van der Waals surface area contributed by atoms with Gasteiger partial charge in [0, 0.05) is 48.4 Å². The lowest BCUT2D eigenvalue weighted by molar-refractivity contribution is -0.138. The molecule has 2 aliphatic carbocycles. The Kier molecular flexibility index (Phi) is 10.5. The van der Waals surface area contributed by atoms with E-state index in [1.807, 2.05) is 49.3 Å². The number of hydrogen-bond donors (Lipinski definition) is 2. The second-order valence-corrected chi connectivity index (χ2v) is 16.7. The molecule has 0 radical (unpaired) electrons. The number of azo groups is 1. The number of carbonyl (C=O) groups excluding carboxylic acids is 4. The molecule has 3 fully saturated rings. The number of allylic oxidation sites excluding steroid dienone is 2. The fraction of sp³-hybridized carbons (Fsp3) is 0.250. The van der Waals surface area contributed by atoms with Crippen LogP contribution in [0, 0.1) is 29.5 Å². The van der Waals surface area contributed by atoms with Gasteiger partial charge in [-0.2, -0.15) is 15.2 Å². The zero-order valence-corrected chi connectivity index (χ0v) is 35.4. The van der Waals surface area contributed by atoms with Crippen LogP contribution < -0.4 is 24.7 Å². The van der Waals surface area contributed by atoms with Crippen molar-refractivity contribution in [3.8, 4) is 17.2 Å². The molecule has 320 valence electrons. The largest absolute Gasteiger partial charge is 0.508 e. The third-order valence-corrected chi connectivity index (χ3v) is 13.1. The summed E-state index contributed by atoms with van der Waals surface area (Å²) >= 11 is 6.43. The van der Waals surface area contributed by atoms with Gasteiger partial charge in [0.1, 0.15) is 23.1 Å². The fourth-order valence-electron chi connectivity index (χ4n) is 10.0. The first-order valence-electron chi connectivity index (χ1n) is 20.3. The van der Waals surface area contributed by atoms with Crippen LogP contribution in [-0.4, -0.2) is 62.1 Å². The Labute approximate surface area is 367 Å². The van der Waals surface area contributed by atoms with Gasteiger partial charge in [-0.25, -0.2) is 4.39 Å². The maximum Gasteiger partial charge on any atom is 0.260 e. The van der Waals surface area contributed by atoms with Gasteiger partial charge in [0.15, 0.2) is 0 Å². The van der Waals surface area contributed by atoms with Crippen LogP contribution in [0.15, 0.2) is 131 Å². The van der Waals surface area contributed by atoms with Crippen LogP contribution in [0.1, 0.15) is 29.9 Å². The molecule has 0 spiro atoms. The van der Waals surface area contributed by atoms with E-state index in [0.29, 0.717) is 38.8 Å². The fourth-order valence-corrected chi connectivity index (χ4v) is 10.2. The number of carbonyl (C=O) groups is 4. The zero-order valence-electron chi connectivity index (χ0n) is 34.7.